The molecule has 1 unspecified atom stereocenters. The Morgan fingerprint density at radius 3 is 1.94 bits per heavy atom. The van der Waals surface area contributed by atoms with Gasteiger partial charge in [0, 0.05) is 6.04 Å². The average molecular weight is 245 g/mol. The smallest absolute Gasteiger partial charge is 0.0323 e. The van der Waals surface area contributed by atoms with Gasteiger partial charge in [-0.1, -0.05) is 43.7 Å². The largest absolute Gasteiger partial charge is 0.324 e. The van der Waals surface area contributed by atoms with Crippen LogP contribution in [-0.4, -0.2) is 0 Å². The number of hydrogen-bond acceptors (Lipinski definition) is 1. The predicted octanol–water partition coefficient (Wildman–Crippen LogP) is 4.46. The normalized spacial score (nSPS) is 26.3. The molecule has 2 rings (SSSR count). The van der Waals surface area contributed by atoms with Crippen molar-refractivity contribution in [2.75, 3.05) is 0 Å². The molecule has 1 atom stereocenters. The van der Waals surface area contributed by atoms with Crippen molar-refractivity contribution in [2.45, 2.75) is 52.5 Å². The maximum absolute atomic E-state index is 6.44. The summed E-state index contributed by atoms with van der Waals surface area (Å²) in [5.74, 6) is 2.44. The Morgan fingerprint density at radius 1 is 0.944 bits per heavy atom. The highest BCUT2D eigenvalue weighted by molar-refractivity contribution is 5.24. The number of benzene rings is 1. The molecular formula is C17H27N. The molecule has 1 saturated carbocycles. The zero-order chi connectivity index (χ0) is 13.1. The Kier molecular flexibility index (Phi) is 4.45. The Morgan fingerprint density at radius 2 is 1.44 bits per heavy atom. The molecule has 100 valence electrons. The van der Waals surface area contributed by atoms with Crippen molar-refractivity contribution in [1.82, 2.24) is 0 Å². The molecule has 1 nitrogen and oxygen atoms in total. The lowest BCUT2D eigenvalue weighted by molar-refractivity contribution is 0.203. The van der Waals surface area contributed by atoms with Gasteiger partial charge in [0.1, 0.15) is 0 Å². The molecule has 0 saturated heterocycles. The van der Waals surface area contributed by atoms with Gasteiger partial charge in [0.25, 0.3) is 0 Å². The summed E-state index contributed by atoms with van der Waals surface area (Å²) < 4.78 is 0. The molecule has 0 heterocycles. The average Bonchev–Trinajstić information content (AvgIpc) is 2.39. The fourth-order valence-electron chi connectivity index (χ4n) is 3.23. The van der Waals surface area contributed by atoms with Crippen molar-refractivity contribution in [3.8, 4) is 0 Å². The zero-order valence-electron chi connectivity index (χ0n) is 12.0. The molecule has 0 bridgehead atoms. The first kappa shape index (κ1) is 13.6. The molecule has 0 radical (unpaired) electrons. The standard InChI is InChI=1S/C17H27N/c1-12(2)14-8-10-16(11-9-14)17(18)15-6-4-13(3)5-7-15/h4-7,12,14,16-17H,8-11,18H2,1-3H3. The molecule has 0 spiro atoms. The number of hydrogen-bond donors (Lipinski definition) is 1. The second-order valence-corrected chi connectivity index (χ2v) is 6.36. The van der Waals surface area contributed by atoms with Gasteiger partial charge in [-0.15, -0.1) is 0 Å². The molecule has 0 aromatic heterocycles. The van der Waals surface area contributed by atoms with Crippen LogP contribution >= 0.6 is 0 Å². The third-order valence-corrected chi connectivity index (χ3v) is 4.73. The monoisotopic (exact) mass is 245 g/mol. The Balaban J connectivity index is 1.95. The van der Waals surface area contributed by atoms with Gasteiger partial charge in [-0.25, -0.2) is 0 Å². The summed E-state index contributed by atoms with van der Waals surface area (Å²) in [6.07, 6.45) is 5.33. The van der Waals surface area contributed by atoms with Gasteiger partial charge in [0.15, 0.2) is 0 Å². The van der Waals surface area contributed by atoms with E-state index in [4.69, 9.17) is 5.73 Å². The molecule has 1 aliphatic carbocycles. The van der Waals surface area contributed by atoms with Crippen LogP contribution in [0.1, 0.15) is 56.7 Å². The highest BCUT2D eigenvalue weighted by Gasteiger charge is 2.27. The highest BCUT2D eigenvalue weighted by Crippen LogP contribution is 2.38. The quantitative estimate of drug-likeness (QED) is 0.836. The summed E-state index contributed by atoms with van der Waals surface area (Å²) in [4.78, 5) is 0. The molecule has 0 amide bonds. The van der Waals surface area contributed by atoms with E-state index in [0.717, 1.165) is 11.8 Å². The highest BCUT2D eigenvalue weighted by atomic mass is 14.7. The summed E-state index contributed by atoms with van der Waals surface area (Å²) >= 11 is 0. The molecule has 1 heteroatoms. The second-order valence-electron chi connectivity index (χ2n) is 6.36. The minimum absolute atomic E-state index is 0.235. The van der Waals surface area contributed by atoms with Crippen LogP contribution in [0.2, 0.25) is 0 Å². The van der Waals surface area contributed by atoms with E-state index in [0.29, 0.717) is 5.92 Å². The zero-order valence-corrected chi connectivity index (χ0v) is 12.0. The van der Waals surface area contributed by atoms with Gasteiger partial charge in [0.2, 0.25) is 0 Å². The fraction of sp³-hybridized carbons (Fsp3) is 0.647. The van der Waals surface area contributed by atoms with E-state index >= 15 is 0 Å². The van der Waals surface area contributed by atoms with E-state index in [1.807, 2.05) is 0 Å². The molecule has 18 heavy (non-hydrogen) atoms. The van der Waals surface area contributed by atoms with E-state index in [-0.39, 0.29) is 6.04 Å². The Bertz CT molecular complexity index is 358. The number of nitrogens with two attached hydrogens (primary N) is 1. The molecule has 2 N–H and O–H groups in total. The van der Waals surface area contributed by atoms with Crippen molar-refractivity contribution >= 4 is 0 Å². The van der Waals surface area contributed by atoms with Crippen LogP contribution in [0.15, 0.2) is 24.3 Å². The van der Waals surface area contributed by atoms with Crippen LogP contribution in [0, 0.1) is 24.7 Å². The van der Waals surface area contributed by atoms with Crippen molar-refractivity contribution in [3.63, 3.8) is 0 Å². The van der Waals surface area contributed by atoms with E-state index in [9.17, 15) is 0 Å². The van der Waals surface area contributed by atoms with Gasteiger partial charge >= 0.3 is 0 Å². The van der Waals surface area contributed by atoms with Crippen molar-refractivity contribution in [1.29, 1.82) is 0 Å². The van der Waals surface area contributed by atoms with Gasteiger partial charge < -0.3 is 5.73 Å². The fourth-order valence-corrected chi connectivity index (χ4v) is 3.23. The molecule has 1 aliphatic rings. The molecular weight excluding hydrogens is 218 g/mol. The van der Waals surface area contributed by atoms with Gasteiger partial charge in [-0.2, -0.15) is 0 Å². The van der Waals surface area contributed by atoms with Crippen LogP contribution in [0.4, 0.5) is 0 Å². The van der Waals surface area contributed by atoms with E-state index in [1.165, 1.54) is 36.8 Å². The second kappa shape index (κ2) is 5.88. The SMILES string of the molecule is Cc1ccc(C(N)C2CCC(C(C)C)CC2)cc1. The summed E-state index contributed by atoms with van der Waals surface area (Å²) in [5.41, 5.74) is 9.07. The predicted molar refractivity (Wildman–Crippen MR) is 78.4 cm³/mol. The third kappa shape index (κ3) is 3.14. The van der Waals surface area contributed by atoms with Crippen LogP contribution in [0.5, 0.6) is 0 Å². The van der Waals surface area contributed by atoms with Gasteiger partial charge in [0.05, 0.1) is 0 Å². The van der Waals surface area contributed by atoms with Crippen LogP contribution in [0.3, 0.4) is 0 Å². The lowest BCUT2D eigenvalue weighted by Crippen LogP contribution is -2.27. The summed E-state index contributed by atoms with van der Waals surface area (Å²) in [5, 5.41) is 0. The van der Waals surface area contributed by atoms with Crippen molar-refractivity contribution in [2.24, 2.45) is 23.5 Å². The summed E-state index contributed by atoms with van der Waals surface area (Å²) in [6, 6.07) is 8.99. The maximum Gasteiger partial charge on any atom is 0.0323 e. The Labute approximate surface area is 112 Å². The summed E-state index contributed by atoms with van der Waals surface area (Å²) in [7, 11) is 0. The minimum atomic E-state index is 0.235. The third-order valence-electron chi connectivity index (χ3n) is 4.73. The van der Waals surface area contributed by atoms with Crippen LogP contribution in [0.25, 0.3) is 0 Å². The van der Waals surface area contributed by atoms with Crippen molar-refractivity contribution in [3.05, 3.63) is 35.4 Å². The molecule has 1 fully saturated rings. The molecule has 1 aromatic carbocycles. The van der Waals surface area contributed by atoms with E-state index in [2.05, 4.69) is 45.0 Å². The van der Waals surface area contributed by atoms with Crippen molar-refractivity contribution < 1.29 is 0 Å². The first-order valence-corrected chi connectivity index (χ1v) is 7.40. The first-order valence-electron chi connectivity index (χ1n) is 7.40. The molecule has 0 aliphatic heterocycles. The van der Waals surface area contributed by atoms with Gasteiger partial charge in [-0.05, 0) is 55.9 Å². The van der Waals surface area contributed by atoms with Crippen LogP contribution < -0.4 is 5.73 Å². The Hall–Kier alpha value is -0.820. The van der Waals surface area contributed by atoms with E-state index in [1.54, 1.807) is 0 Å². The lowest BCUT2D eigenvalue weighted by atomic mass is 9.73. The topological polar surface area (TPSA) is 26.0 Å². The first-order chi connectivity index (χ1) is 8.58. The summed E-state index contributed by atoms with van der Waals surface area (Å²) in [6.45, 7) is 6.83. The number of rotatable bonds is 3. The molecule has 1 aromatic rings. The minimum Gasteiger partial charge on any atom is -0.324 e. The van der Waals surface area contributed by atoms with E-state index < -0.39 is 0 Å². The maximum atomic E-state index is 6.44. The lowest BCUT2D eigenvalue weighted by Gasteiger charge is -2.34. The van der Waals surface area contributed by atoms with Gasteiger partial charge in [-0.3, -0.25) is 0 Å². The number of aryl methyl sites for hydroxylation is 1. The van der Waals surface area contributed by atoms with Crippen LogP contribution in [-0.2, 0) is 0 Å².